The lowest BCUT2D eigenvalue weighted by atomic mass is 10.1. The number of anilines is 3. The molecule has 4 aromatic rings. The molecule has 0 bridgehead atoms. The molecule has 0 spiro atoms. The van der Waals surface area contributed by atoms with E-state index >= 15 is 0 Å². The molecule has 4 rings (SSSR count). The van der Waals surface area contributed by atoms with Gasteiger partial charge in [0.1, 0.15) is 11.5 Å². The van der Waals surface area contributed by atoms with E-state index in [4.69, 9.17) is 0 Å². The first-order valence-corrected chi connectivity index (χ1v) is 11.9. The third kappa shape index (κ3) is 5.99. The molecule has 1 atom stereocenters. The minimum atomic E-state index is -0.639. The topological polar surface area (TPSA) is 92.2 Å². The molecule has 0 aliphatic heterocycles. The van der Waals surface area contributed by atoms with Gasteiger partial charge in [0.05, 0.1) is 11.7 Å². The van der Waals surface area contributed by atoms with Crippen molar-refractivity contribution in [1.29, 1.82) is 0 Å². The van der Waals surface area contributed by atoms with Crippen molar-refractivity contribution in [3.63, 3.8) is 0 Å². The zero-order chi connectivity index (χ0) is 26.4. The van der Waals surface area contributed by atoms with Crippen molar-refractivity contribution in [2.45, 2.75) is 19.9 Å². The Morgan fingerprint density at radius 3 is 2.32 bits per heavy atom. The maximum atomic E-state index is 13.7. The number of carbonyl (C=O) groups excluding carboxylic acids is 2. The molecule has 0 aliphatic rings. The van der Waals surface area contributed by atoms with E-state index in [1.54, 1.807) is 61.5 Å². The minimum Gasteiger partial charge on any atom is -0.356 e. The van der Waals surface area contributed by atoms with Crippen LogP contribution in [0.1, 0.15) is 24.2 Å². The quantitative estimate of drug-likeness (QED) is 0.317. The molecule has 0 saturated heterocycles. The van der Waals surface area contributed by atoms with E-state index in [2.05, 4.69) is 16.0 Å². The predicted molar refractivity (Wildman–Crippen MR) is 144 cm³/mol. The third-order valence-electron chi connectivity index (χ3n) is 5.76. The molecule has 0 saturated carbocycles. The first-order valence-electron chi connectivity index (χ1n) is 11.9. The second-order valence-electron chi connectivity index (χ2n) is 8.43. The SMILES string of the molecule is CCN[C@@H](C)C(=O)Nc1ccc(-c2ccccc2)n(C(=O)c2cccc(Nc3ccc(F)cc3)c2)c1=O. The molecule has 1 heterocycles. The number of nitrogens with zero attached hydrogens (tertiary/aromatic N) is 1. The number of aromatic nitrogens is 1. The first-order chi connectivity index (χ1) is 17.9. The maximum absolute atomic E-state index is 13.7. The molecule has 0 fully saturated rings. The van der Waals surface area contributed by atoms with Crippen molar-refractivity contribution in [3.05, 3.63) is 113 Å². The summed E-state index contributed by atoms with van der Waals surface area (Å²) in [5.74, 6) is -1.28. The molecular weight excluding hydrogens is 471 g/mol. The van der Waals surface area contributed by atoms with Crippen molar-refractivity contribution in [2.24, 2.45) is 0 Å². The van der Waals surface area contributed by atoms with Crippen LogP contribution in [0.4, 0.5) is 21.5 Å². The van der Waals surface area contributed by atoms with Gasteiger partial charge < -0.3 is 16.0 Å². The zero-order valence-corrected chi connectivity index (χ0v) is 20.5. The number of amides is 1. The number of halogens is 1. The Labute approximate surface area is 214 Å². The molecule has 37 heavy (non-hydrogen) atoms. The normalized spacial score (nSPS) is 11.5. The molecule has 0 radical (unpaired) electrons. The van der Waals surface area contributed by atoms with Crippen LogP contribution >= 0.6 is 0 Å². The molecule has 0 aliphatic carbocycles. The van der Waals surface area contributed by atoms with Crippen molar-refractivity contribution in [1.82, 2.24) is 9.88 Å². The lowest BCUT2D eigenvalue weighted by Crippen LogP contribution is -2.40. The van der Waals surface area contributed by atoms with Crippen LogP contribution in [-0.4, -0.2) is 29.0 Å². The third-order valence-corrected chi connectivity index (χ3v) is 5.76. The molecule has 3 aromatic carbocycles. The minimum absolute atomic E-state index is 0.00313. The van der Waals surface area contributed by atoms with Crippen molar-refractivity contribution in [3.8, 4) is 11.3 Å². The van der Waals surface area contributed by atoms with Gasteiger partial charge in [-0.15, -0.1) is 0 Å². The summed E-state index contributed by atoms with van der Waals surface area (Å²) in [6, 6.07) is 24.2. The van der Waals surface area contributed by atoms with Crippen LogP contribution in [0.5, 0.6) is 0 Å². The standard InChI is InChI=1S/C29H27FN4O3/c1-3-31-19(2)27(35)33-25-16-17-26(20-8-5-4-6-9-20)34(29(25)37)28(36)21-10-7-11-24(18-21)32-23-14-12-22(30)13-15-23/h4-19,31-32H,3H2,1-2H3,(H,33,35)/t19-/m0/s1. The molecule has 7 nitrogen and oxygen atoms in total. The highest BCUT2D eigenvalue weighted by atomic mass is 19.1. The Hall–Kier alpha value is -4.56. The summed E-state index contributed by atoms with van der Waals surface area (Å²) in [7, 11) is 0. The Bertz CT molecular complexity index is 1470. The van der Waals surface area contributed by atoms with E-state index in [0.29, 0.717) is 29.2 Å². The number of benzene rings is 3. The summed E-state index contributed by atoms with van der Waals surface area (Å²) in [6.07, 6.45) is 0. The van der Waals surface area contributed by atoms with Crippen LogP contribution in [0, 0.1) is 5.82 Å². The Kier molecular flexibility index (Phi) is 7.90. The zero-order valence-electron chi connectivity index (χ0n) is 20.5. The van der Waals surface area contributed by atoms with Crippen molar-refractivity contribution in [2.75, 3.05) is 17.2 Å². The van der Waals surface area contributed by atoms with Gasteiger partial charge in [-0.1, -0.05) is 43.3 Å². The molecule has 1 aromatic heterocycles. The van der Waals surface area contributed by atoms with Gasteiger partial charge in [-0.25, -0.2) is 8.96 Å². The highest BCUT2D eigenvalue weighted by Crippen LogP contribution is 2.23. The van der Waals surface area contributed by atoms with Crippen molar-refractivity contribution < 1.29 is 14.0 Å². The van der Waals surface area contributed by atoms with Gasteiger partial charge >= 0.3 is 0 Å². The van der Waals surface area contributed by atoms with E-state index in [-0.39, 0.29) is 23.0 Å². The highest BCUT2D eigenvalue weighted by Gasteiger charge is 2.21. The largest absolute Gasteiger partial charge is 0.356 e. The number of carbonyl (C=O) groups is 2. The average Bonchev–Trinajstić information content (AvgIpc) is 2.91. The summed E-state index contributed by atoms with van der Waals surface area (Å²) in [6.45, 7) is 4.16. The lowest BCUT2D eigenvalue weighted by Gasteiger charge is -2.16. The Balaban J connectivity index is 1.74. The Morgan fingerprint density at radius 1 is 0.892 bits per heavy atom. The fraction of sp³-hybridized carbons (Fsp3) is 0.138. The number of pyridine rings is 1. The van der Waals surface area contributed by atoms with Gasteiger partial charge in [-0.05, 0) is 73.6 Å². The number of nitrogens with one attached hydrogen (secondary N) is 3. The lowest BCUT2D eigenvalue weighted by molar-refractivity contribution is -0.117. The highest BCUT2D eigenvalue weighted by molar-refractivity contribution is 6.00. The van der Waals surface area contributed by atoms with Gasteiger partial charge in [-0.2, -0.15) is 0 Å². The van der Waals surface area contributed by atoms with Gasteiger partial charge in [0, 0.05) is 16.9 Å². The van der Waals surface area contributed by atoms with E-state index in [9.17, 15) is 18.8 Å². The summed E-state index contributed by atoms with van der Waals surface area (Å²) < 4.78 is 14.3. The smallest absolute Gasteiger partial charge is 0.281 e. The van der Waals surface area contributed by atoms with E-state index in [1.165, 1.54) is 18.2 Å². The second kappa shape index (κ2) is 11.5. The predicted octanol–water partition coefficient (Wildman–Crippen LogP) is 5.02. The van der Waals surface area contributed by atoms with Crippen LogP contribution in [0.2, 0.25) is 0 Å². The fourth-order valence-electron chi connectivity index (χ4n) is 3.87. The summed E-state index contributed by atoms with van der Waals surface area (Å²) in [4.78, 5) is 39.9. The van der Waals surface area contributed by atoms with Gasteiger partial charge in [0.25, 0.3) is 11.5 Å². The summed E-state index contributed by atoms with van der Waals surface area (Å²) in [5, 5.41) is 8.77. The van der Waals surface area contributed by atoms with Crippen LogP contribution in [0.3, 0.4) is 0 Å². The van der Waals surface area contributed by atoms with Crippen molar-refractivity contribution >= 4 is 28.9 Å². The van der Waals surface area contributed by atoms with E-state index in [1.807, 2.05) is 25.1 Å². The Morgan fingerprint density at radius 2 is 1.62 bits per heavy atom. The molecular formula is C29H27FN4O3. The number of hydrogen-bond donors (Lipinski definition) is 3. The van der Waals surface area contributed by atoms with Crippen LogP contribution in [-0.2, 0) is 4.79 Å². The van der Waals surface area contributed by atoms with Gasteiger partial charge in [-0.3, -0.25) is 14.4 Å². The molecule has 8 heteroatoms. The number of likely N-dealkylation sites (N-methyl/N-ethyl adjacent to an activating group) is 1. The van der Waals surface area contributed by atoms with Crippen LogP contribution in [0.25, 0.3) is 11.3 Å². The summed E-state index contributed by atoms with van der Waals surface area (Å²) in [5.41, 5.74) is 1.93. The van der Waals surface area contributed by atoms with Crippen LogP contribution < -0.4 is 21.5 Å². The maximum Gasteiger partial charge on any atom is 0.281 e. The van der Waals surface area contributed by atoms with E-state index in [0.717, 1.165) is 4.57 Å². The number of hydrogen-bond acceptors (Lipinski definition) is 5. The summed E-state index contributed by atoms with van der Waals surface area (Å²) >= 11 is 0. The van der Waals surface area contributed by atoms with E-state index < -0.39 is 17.5 Å². The fourth-order valence-corrected chi connectivity index (χ4v) is 3.87. The number of rotatable bonds is 8. The molecule has 1 amide bonds. The first kappa shape index (κ1) is 25.5. The molecule has 188 valence electrons. The molecule has 0 unspecified atom stereocenters. The molecule has 3 N–H and O–H groups in total. The monoisotopic (exact) mass is 498 g/mol. The average molecular weight is 499 g/mol. The second-order valence-corrected chi connectivity index (χ2v) is 8.43. The van der Waals surface area contributed by atoms with Gasteiger partial charge in [0.2, 0.25) is 5.91 Å². The van der Waals surface area contributed by atoms with Crippen LogP contribution in [0.15, 0.2) is 95.8 Å². The van der Waals surface area contributed by atoms with Gasteiger partial charge in [0.15, 0.2) is 0 Å².